The highest BCUT2D eigenvalue weighted by molar-refractivity contribution is 6.09. The number of Topliss-reactive ketones (excluding diaryl/α,β-unsaturated/α-hetero) is 1. The third-order valence-corrected chi connectivity index (χ3v) is 5.57. The highest BCUT2D eigenvalue weighted by Crippen LogP contribution is 2.27. The van der Waals surface area contributed by atoms with E-state index >= 15 is 0 Å². The summed E-state index contributed by atoms with van der Waals surface area (Å²) >= 11 is 0. The van der Waals surface area contributed by atoms with Crippen molar-refractivity contribution in [2.75, 3.05) is 0 Å². The fraction of sp³-hybridized carbons (Fsp3) is 0.526. The number of para-hydroxylation sites is 1. The van der Waals surface area contributed by atoms with E-state index in [-0.39, 0.29) is 11.8 Å². The van der Waals surface area contributed by atoms with Crippen LogP contribution in [0.5, 0.6) is 0 Å². The molecule has 0 radical (unpaired) electrons. The van der Waals surface area contributed by atoms with Gasteiger partial charge in [-0.05, 0) is 38.2 Å². The number of rotatable bonds is 4. The maximum absolute atomic E-state index is 12.8. The first-order valence-corrected chi connectivity index (χ1v) is 8.53. The Morgan fingerprint density at radius 2 is 2.05 bits per heavy atom. The molecule has 1 aromatic carbocycles. The molecule has 0 spiro atoms. The van der Waals surface area contributed by atoms with Gasteiger partial charge < -0.3 is 10.3 Å². The predicted molar refractivity (Wildman–Crippen MR) is 90.0 cm³/mol. The Morgan fingerprint density at radius 3 is 2.86 bits per heavy atom. The van der Waals surface area contributed by atoms with Crippen molar-refractivity contribution in [1.82, 2.24) is 4.98 Å². The van der Waals surface area contributed by atoms with Crippen LogP contribution in [-0.2, 0) is 0 Å². The second kappa shape index (κ2) is 6.25. The van der Waals surface area contributed by atoms with E-state index in [1.807, 2.05) is 30.5 Å². The number of nitrogens with one attached hydrogen (secondary N) is 1. The van der Waals surface area contributed by atoms with Crippen LogP contribution in [0.15, 0.2) is 30.5 Å². The van der Waals surface area contributed by atoms with Crippen LogP contribution in [0.4, 0.5) is 0 Å². The van der Waals surface area contributed by atoms with Crippen LogP contribution < -0.4 is 5.32 Å². The van der Waals surface area contributed by atoms with E-state index in [2.05, 4.69) is 31.1 Å². The molecule has 3 N–H and O–H groups in total. The van der Waals surface area contributed by atoms with Crippen molar-refractivity contribution < 1.29 is 10.1 Å². The van der Waals surface area contributed by atoms with Crippen molar-refractivity contribution in [1.29, 1.82) is 0 Å². The number of H-pyrrole nitrogens is 1. The Morgan fingerprint density at radius 1 is 1.27 bits per heavy atom. The quantitative estimate of drug-likeness (QED) is 0.837. The number of aromatic nitrogens is 1. The molecule has 0 unspecified atom stereocenters. The second-order valence-corrected chi connectivity index (χ2v) is 7.02. The average molecular weight is 299 g/mol. The van der Waals surface area contributed by atoms with E-state index in [1.165, 1.54) is 19.3 Å². The van der Waals surface area contributed by atoms with Gasteiger partial charge in [0, 0.05) is 28.6 Å². The lowest BCUT2D eigenvalue weighted by Gasteiger charge is -2.33. The van der Waals surface area contributed by atoms with Crippen molar-refractivity contribution >= 4 is 16.7 Å². The van der Waals surface area contributed by atoms with Gasteiger partial charge in [-0.25, -0.2) is 0 Å². The van der Waals surface area contributed by atoms with Gasteiger partial charge in [-0.1, -0.05) is 32.0 Å². The third kappa shape index (κ3) is 2.82. The molecule has 1 aliphatic carbocycles. The van der Waals surface area contributed by atoms with E-state index in [1.54, 1.807) is 0 Å². The minimum atomic E-state index is -0.0167. The number of aromatic amines is 1. The number of fused-ring (bicyclic) bond motifs is 1. The van der Waals surface area contributed by atoms with Crippen LogP contribution >= 0.6 is 0 Å². The Kier molecular flexibility index (Phi) is 4.34. The van der Waals surface area contributed by atoms with Crippen LogP contribution in [0.2, 0.25) is 0 Å². The summed E-state index contributed by atoms with van der Waals surface area (Å²) in [6.07, 6.45) is 5.72. The molecule has 1 aromatic heterocycles. The number of benzene rings is 1. The maximum Gasteiger partial charge on any atom is 0.221 e. The van der Waals surface area contributed by atoms with Gasteiger partial charge in [0.25, 0.3) is 0 Å². The maximum atomic E-state index is 12.8. The van der Waals surface area contributed by atoms with Crippen LogP contribution in [0, 0.1) is 11.8 Å². The lowest BCUT2D eigenvalue weighted by Crippen LogP contribution is -2.97. The lowest BCUT2D eigenvalue weighted by molar-refractivity contribution is -0.714. The molecule has 2 aromatic rings. The third-order valence-electron chi connectivity index (χ3n) is 5.57. The summed E-state index contributed by atoms with van der Waals surface area (Å²) in [5.74, 6) is 1.69. The summed E-state index contributed by atoms with van der Waals surface area (Å²) in [5.41, 5.74) is 1.87. The number of quaternary nitrogens is 1. The summed E-state index contributed by atoms with van der Waals surface area (Å²) < 4.78 is 0. The molecule has 4 atom stereocenters. The van der Waals surface area contributed by atoms with Crippen LogP contribution in [0.1, 0.15) is 50.4 Å². The molecular weight excluding hydrogens is 272 g/mol. The number of carbonyl (C=O) groups is 1. The Balaban J connectivity index is 1.74. The zero-order valence-electron chi connectivity index (χ0n) is 13.8. The predicted octanol–water partition coefficient (Wildman–Crippen LogP) is 3.13. The largest absolute Gasteiger partial charge is 0.360 e. The molecule has 0 saturated heterocycles. The highest BCUT2D eigenvalue weighted by atomic mass is 16.1. The fourth-order valence-electron chi connectivity index (χ4n) is 3.87. The van der Waals surface area contributed by atoms with E-state index in [4.69, 9.17) is 0 Å². The summed E-state index contributed by atoms with van der Waals surface area (Å²) in [6.45, 7) is 6.74. The summed E-state index contributed by atoms with van der Waals surface area (Å²) in [7, 11) is 0. The van der Waals surface area contributed by atoms with Gasteiger partial charge in [0.1, 0.15) is 6.04 Å². The molecule has 118 valence electrons. The van der Waals surface area contributed by atoms with E-state index in [9.17, 15) is 4.79 Å². The lowest BCUT2D eigenvalue weighted by atomic mass is 9.77. The van der Waals surface area contributed by atoms with Gasteiger partial charge in [0.05, 0.1) is 6.04 Å². The van der Waals surface area contributed by atoms with Crippen molar-refractivity contribution in [3.8, 4) is 0 Å². The Bertz CT molecular complexity index is 660. The molecule has 1 heterocycles. The normalized spacial score (nSPS) is 27.0. The summed E-state index contributed by atoms with van der Waals surface area (Å²) in [4.78, 5) is 16.0. The minimum absolute atomic E-state index is 0.0167. The zero-order chi connectivity index (χ0) is 15.7. The fourth-order valence-corrected chi connectivity index (χ4v) is 3.87. The molecule has 3 nitrogen and oxygen atoms in total. The first-order valence-electron chi connectivity index (χ1n) is 8.53. The SMILES string of the molecule is C[C@@H]1[C@H](C)CCC[C@@H]1[NH2+][C@@H](C)C(=O)c1c[nH]c2ccccc12. The van der Waals surface area contributed by atoms with Crippen molar-refractivity contribution in [2.45, 2.75) is 52.1 Å². The van der Waals surface area contributed by atoms with Gasteiger partial charge in [-0.3, -0.25) is 4.79 Å². The number of hydrogen-bond acceptors (Lipinski definition) is 1. The van der Waals surface area contributed by atoms with Crippen molar-refractivity contribution in [3.63, 3.8) is 0 Å². The van der Waals surface area contributed by atoms with Gasteiger partial charge >= 0.3 is 0 Å². The van der Waals surface area contributed by atoms with Crippen molar-refractivity contribution in [2.24, 2.45) is 11.8 Å². The zero-order valence-corrected chi connectivity index (χ0v) is 13.8. The number of hydrogen-bond donors (Lipinski definition) is 2. The molecule has 1 aliphatic rings. The molecule has 3 rings (SSSR count). The minimum Gasteiger partial charge on any atom is -0.360 e. The molecule has 0 bridgehead atoms. The second-order valence-electron chi connectivity index (χ2n) is 7.02. The molecular formula is C19H27N2O+. The van der Waals surface area contributed by atoms with Gasteiger partial charge in [0.2, 0.25) is 5.78 Å². The van der Waals surface area contributed by atoms with Crippen LogP contribution in [0.3, 0.4) is 0 Å². The Hall–Kier alpha value is -1.61. The molecule has 0 amide bonds. The smallest absolute Gasteiger partial charge is 0.221 e. The molecule has 0 aliphatic heterocycles. The first-order chi connectivity index (χ1) is 10.6. The number of carbonyl (C=O) groups excluding carboxylic acids is 1. The monoisotopic (exact) mass is 299 g/mol. The topological polar surface area (TPSA) is 49.5 Å². The van der Waals surface area contributed by atoms with Crippen LogP contribution in [-0.4, -0.2) is 22.9 Å². The average Bonchev–Trinajstić information content (AvgIpc) is 2.95. The summed E-state index contributed by atoms with van der Waals surface area (Å²) in [5, 5.41) is 3.35. The van der Waals surface area contributed by atoms with E-state index in [0.717, 1.165) is 22.4 Å². The van der Waals surface area contributed by atoms with Crippen molar-refractivity contribution in [3.05, 3.63) is 36.0 Å². The molecule has 3 heteroatoms. The highest BCUT2D eigenvalue weighted by Gasteiger charge is 2.33. The summed E-state index contributed by atoms with van der Waals surface area (Å²) in [6, 6.07) is 8.59. The van der Waals surface area contributed by atoms with Gasteiger partial charge in [0.15, 0.2) is 0 Å². The van der Waals surface area contributed by atoms with Crippen LogP contribution in [0.25, 0.3) is 10.9 Å². The molecule has 1 saturated carbocycles. The van der Waals surface area contributed by atoms with Gasteiger partial charge in [-0.2, -0.15) is 0 Å². The Labute approximate surface area is 132 Å². The standard InChI is InChI=1S/C19H26N2O/c1-12-7-6-10-17(13(12)2)21-14(3)19(22)16-11-20-18-9-5-4-8-15(16)18/h4-5,8-9,11-14,17,20-21H,6-7,10H2,1-3H3/p+1/t12-,13-,14+,17+/m1/s1. The van der Waals surface area contributed by atoms with Gasteiger partial charge in [-0.15, -0.1) is 0 Å². The van der Waals surface area contributed by atoms with E-state index < -0.39 is 0 Å². The van der Waals surface area contributed by atoms with E-state index in [0.29, 0.717) is 12.0 Å². The first kappa shape index (κ1) is 15.3. The molecule has 22 heavy (non-hydrogen) atoms. The number of ketones is 1. The molecule has 1 fully saturated rings. The number of nitrogens with two attached hydrogens (primary N) is 1.